The fourth-order valence-electron chi connectivity index (χ4n) is 11.9. The number of unbranched alkanes of at least 4 members (excludes halogenated alkanes) is 40. The van der Waals surface area contributed by atoms with Gasteiger partial charge in [-0.1, -0.05) is 344 Å². The van der Waals surface area contributed by atoms with Crippen LogP contribution < -0.4 is 0 Å². The summed E-state index contributed by atoms with van der Waals surface area (Å²) in [6.45, 7) is 14.2. The van der Waals surface area contributed by atoms with Gasteiger partial charge in [0.05, 0.1) is 26.4 Å². The molecule has 0 amide bonds. The van der Waals surface area contributed by atoms with Gasteiger partial charge in [-0.15, -0.1) is 0 Å². The van der Waals surface area contributed by atoms with E-state index >= 15 is 0 Å². The molecule has 0 spiro atoms. The number of rotatable bonds is 75. The molecule has 0 aromatic carbocycles. The lowest BCUT2D eigenvalue weighted by Crippen LogP contribution is -2.30. The van der Waals surface area contributed by atoms with Gasteiger partial charge in [0.15, 0.2) is 12.2 Å². The number of hydrogen-bond acceptors (Lipinski definition) is 15. The van der Waals surface area contributed by atoms with Crippen molar-refractivity contribution in [2.24, 2.45) is 23.7 Å². The van der Waals surface area contributed by atoms with E-state index in [4.69, 9.17) is 37.0 Å². The van der Waals surface area contributed by atoms with Crippen molar-refractivity contribution in [2.45, 2.75) is 414 Å². The predicted molar refractivity (Wildman–Crippen MR) is 395 cm³/mol. The first-order valence-electron chi connectivity index (χ1n) is 40.2. The highest BCUT2D eigenvalue weighted by Gasteiger charge is 2.30. The van der Waals surface area contributed by atoms with E-state index in [-0.39, 0.29) is 25.7 Å². The van der Waals surface area contributed by atoms with Crippen LogP contribution in [0.5, 0.6) is 0 Å². The Morgan fingerprint density at radius 3 is 0.732 bits per heavy atom. The number of phosphoric ester groups is 2. The minimum Gasteiger partial charge on any atom is -0.462 e. The van der Waals surface area contributed by atoms with Gasteiger partial charge < -0.3 is 33.8 Å². The van der Waals surface area contributed by atoms with E-state index in [0.29, 0.717) is 31.6 Å². The molecule has 0 heterocycles. The lowest BCUT2D eigenvalue weighted by molar-refractivity contribution is -0.161. The maximum Gasteiger partial charge on any atom is 0.472 e. The van der Waals surface area contributed by atoms with Gasteiger partial charge in [0.2, 0.25) is 0 Å². The van der Waals surface area contributed by atoms with E-state index in [1.165, 1.54) is 193 Å². The van der Waals surface area contributed by atoms with Crippen LogP contribution in [0.4, 0.5) is 0 Å². The quantitative estimate of drug-likeness (QED) is 0.0222. The number of ether oxygens (including phenoxy) is 4. The monoisotopic (exact) mass is 1420 g/mol. The van der Waals surface area contributed by atoms with Crippen molar-refractivity contribution in [3.05, 3.63) is 0 Å². The smallest absolute Gasteiger partial charge is 0.462 e. The summed E-state index contributed by atoms with van der Waals surface area (Å²) in [5.41, 5.74) is 0. The Hall–Kier alpha value is -1.94. The molecule has 0 aromatic rings. The van der Waals surface area contributed by atoms with Gasteiger partial charge in [-0.05, 0) is 49.4 Å². The van der Waals surface area contributed by atoms with E-state index in [1.54, 1.807) is 0 Å². The summed E-state index contributed by atoms with van der Waals surface area (Å²) in [4.78, 5) is 72.8. The Bertz CT molecular complexity index is 1900. The number of esters is 4. The maximum atomic E-state index is 13.1. The summed E-state index contributed by atoms with van der Waals surface area (Å²) in [7, 11) is -9.92. The molecule has 6 atom stereocenters. The average Bonchev–Trinajstić information content (AvgIpc) is 1.00. The van der Waals surface area contributed by atoms with Crippen molar-refractivity contribution in [2.75, 3.05) is 39.6 Å². The van der Waals surface area contributed by atoms with Crippen LogP contribution in [0.15, 0.2) is 0 Å². The number of hydrogen-bond donors (Lipinski definition) is 3. The lowest BCUT2D eigenvalue weighted by Gasteiger charge is -2.21. The van der Waals surface area contributed by atoms with Crippen molar-refractivity contribution >= 4 is 39.5 Å². The summed E-state index contributed by atoms with van der Waals surface area (Å²) < 4.78 is 68.6. The van der Waals surface area contributed by atoms with Crippen molar-refractivity contribution in [3.63, 3.8) is 0 Å². The number of carbonyl (C=O) groups excluding carboxylic acids is 4. The zero-order chi connectivity index (χ0) is 71.7. The molecule has 0 aliphatic rings. The second-order valence-corrected chi connectivity index (χ2v) is 32.7. The van der Waals surface area contributed by atoms with E-state index < -0.39 is 97.5 Å². The zero-order valence-electron chi connectivity index (χ0n) is 63.7. The third-order valence-corrected chi connectivity index (χ3v) is 20.3. The summed E-state index contributed by atoms with van der Waals surface area (Å²) in [6.07, 6.45) is 52.9. The maximum absolute atomic E-state index is 13.1. The molecule has 0 saturated carbocycles. The van der Waals surface area contributed by atoms with Crippen LogP contribution in [0.2, 0.25) is 0 Å². The van der Waals surface area contributed by atoms with Gasteiger partial charge in [-0.2, -0.15) is 0 Å². The summed E-state index contributed by atoms with van der Waals surface area (Å²) >= 11 is 0. The highest BCUT2D eigenvalue weighted by molar-refractivity contribution is 7.47. The van der Waals surface area contributed by atoms with Gasteiger partial charge in [0.25, 0.3) is 0 Å². The van der Waals surface area contributed by atoms with Gasteiger partial charge >= 0.3 is 39.5 Å². The molecular weight excluding hydrogens is 1270 g/mol. The van der Waals surface area contributed by atoms with Crippen LogP contribution in [-0.2, 0) is 65.4 Å². The third kappa shape index (κ3) is 70.9. The summed E-state index contributed by atoms with van der Waals surface area (Å²) in [5, 5.41) is 10.6. The molecule has 19 heteroatoms. The second-order valence-electron chi connectivity index (χ2n) is 29.8. The minimum absolute atomic E-state index is 0.105. The first-order valence-corrected chi connectivity index (χ1v) is 43.2. The van der Waals surface area contributed by atoms with Crippen molar-refractivity contribution in [3.8, 4) is 0 Å². The standard InChI is InChI=1S/C78H152O17P2/c1-9-71(8)57-49-41-32-28-29-35-45-53-61-78(83)95-73(64-88-75(80)58-50-42-33-26-22-18-13-11-10-12-16-20-24-30-38-46-54-68(2)3)66-92-96(84,85)90-62-72(79)63-91-97(86,87)93-67-74(65-89-76(81)59-51-43-37-36-40-48-56-70(6)7)94-77(82)60-52-44-34-27-23-19-15-14-17-21-25-31-39-47-55-69(4)5/h68-74,79H,9-67H2,1-8H3,(H,84,85)(H,86,87)/t71?,72?,73-,74-/m1/s1. The first-order chi connectivity index (χ1) is 46.6. The van der Waals surface area contributed by atoms with E-state index in [9.17, 15) is 43.2 Å². The topological polar surface area (TPSA) is 237 Å². The molecule has 3 N–H and O–H groups in total. The van der Waals surface area contributed by atoms with E-state index in [1.807, 2.05) is 0 Å². The highest BCUT2D eigenvalue weighted by Crippen LogP contribution is 2.45. The molecule has 0 fully saturated rings. The van der Waals surface area contributed by atoms with Gasteiger partial charge in [-0.3, -0.25) is 37.3 Å². The second kappa shape index (κ2) is 67.2. The minimum atomic E-state index is -4.96. The van der Waals surface area contributed by atoms with Crippen LogP contribution in [0.1, 0.15) is 396 Å². The normalized spacial score (nSPS) is 14.4. The summed E-state index contributed by atoms with van der Waals surface area (Å²) in [5.74, 6) is 0.935. The fourth-order valence-corrected chi connectivity index (χ4v) is 13.5. The highest BCUT2D eigenvalue weighted by atomic mass is 31.2. The number of phosphoric acid groups is 2. The molecule has 0 bridgehead atoms. The number of carbonyl (C=O) groups is 4. The zero-order valence-corrected chi connectivity index (χ0v) is 65.5. The van der Waals surface area contributed by atoms with Gasteiger partial charge in [0.1, 0.15) is 19.3 Å². The van der Waals surface area contributed by atoms with Gasteiger partial charge in [-0.25, -0.2) is 9.13 Å². The van der Waals surface area contributed by atoms with Crippen LogP contribution in [0.3, 0.4) is 0 Å². The number of aliphatic hydroxyl groups is 1. The van der Waals surface area contributed by atoms with Crippen LogP contribution in [0, 0.1) is 23.7 Å². The molecule has 17 nitrogen and oxygen atoms in total. The molecule has 0 saturated heterocycles. The van der Waals surface area contributed by atoms with Crippen molar-refractivity contribution in [1.29, 1.82) is 0 Å². The molecular formula is C78H152O17P2. The van der Waals surface area contributed by atoms with E-state index in [2.05, 4.69) is 55.4 Å². The van der Waals surface area contributed by atoms with Crippen LogP contribution in [0.25, 0.3) is 0 Å². The Balaban J connectivity index is 5.19. The molecule has 0 aliphatic heterocycles. The van der Waals surface area contributed by atoms with Gasteiger partial charge in [0, 0.05) is 25.7 Å². The predicted octanol–water partition coefficient (Wildman–Crippen LogP) is 22.8. The Kier molecular flexibility index (Phi) is 65.9. The van der Waals surface area contributed by atoms with E-state index in [0.717, 1.165) is 114 Å². The fraction of sp³-hybridized carbons (Fsp3) is 0.949. The summed E-state index contributed by atoms with van der Waals surface area (Å²) in [6, 6.07) is 0. The Morgan fingerprint density at radius 2 is 0.495 bits per heavy atom. The molecule has 0 aliphatic carbocycles. The molecule has 97 heavy (non-hydrogen) atoms. The Labute approximate surface area is 594 Å². The average molecular weight is 1420 g/mol. The molecule has 0 aromatic heterocycles. The first kappa shape index (κ1) is 95.1. The van der Waals surface area contributed by atoms with Crippen molar-refractivity contribution in [1.82, 2.24) is 0 Å². The largest absolute Gasteiger partial charge is 0.472 e. The lowest BCUT2D eigenvalue weighted by atomic mass is 9.99. The SMILES string of the molecule is CCC(C)CCCCCCCCCCC(=O)O[C@H](COC(=O)CCCCCCCCCCCCCCCCCCC(C)C)COP(=O)(O)OCC(O)COP(=O)(O)OC[C@@H](COC(=O)CCCCCCCCC(C)C)OC(=O)CCCCCCCCCCCCCCCCC(C)C. The van der Waals surface area contributed by atoms with Crippen LogP contribution in [-0.4, -0.2) is 96.7 Å². The third-order valence-electron chi connectivity index (χ3n) is 18.4. The van der Waals surface area contributed by atoms with Crippen LogP contribution >= 0.6 is 15.6 Å². The number of aliphatic hydroxyl groups excluding tert-OH is 1. The molecule has 4 unspecified atom stereocenters. The van der Waals surface area contributed by atoms with Crippen molar-refractivity contribution < 1.29 is 80.2 Å². The molecule has 576 valence electrons. The Morgan fingerprint density at radius 1 is 0.289 bits per heavy atom. The molecule has 0 radical (unpaired) electrons. The molecule has 0 rings (SSSR count).